The van der Waals surface area contributed by atoms with Crippen LogP contribution in [0, 0.1) is 11.8 Å². The third-order valence-electron chi connectivity index (χ3n) is 4.72. The molecule has 1 amide bonds. The fraction of sp³-hybridized carbons (Fsp3) is 0.688. The number of nitrogens with zero attached hydrogens (tertiary/aromatic N) is 3. The van der Waals surface area contributed by atoms with E-state index in [1.54, 1.807) is 12.4 Å². The van der Waals surface area contributed by atoms with Crippen LogP contribution >= 0.6 is 0 Å². The number of ether oxygens (including phenoxy) is 2. The molecule has 2 N–H and O–H groups in total. The van der Waals surface area contributed by atoms with Gasteiger partial charge in [0.05, 0.1) is 31.0 Å². The first-order chi connectivity index (χ1) is 11.2. The van der Waals surface area contributed by atoms with E-state index in [2.05, 4.69) is 14.9 Å². The van der Waals surface area contributed by atoms with Crippen molar-refractivity contribution in [1.29, 1.82) is 0 Å². The maximum atomic E-state index is 11.5. The molecule has 2 aliphatic rings. The highest BCUT2D eigenvalue weighted by molar-refractivity contribution is 5.77. The highest BCUT2D eigenvalue weighted by atomic mass is 16.5. The van der Waals surface area contributed by atoms with E-state index in [-0.39, 0.29) is 17.9 Å². The number of anilines is 1. The zero-order chi connectivity index (χ0) is 16.2. The van der Waals surface area contributed by atoms with Crippen LogP contribution in [0.2, 0.25) is 0 Å². The van der Waals surface area contributed by atoms with Crippen LogP contribution in [-0.2, 0) is 9.53 Å². The van der Waals surface area contributed by atoms with E-state index in [0.29, 0.717) is 25.0 Å². The Hall–Kier alpha value is -1.89. The Kier molecular flexibility index (Phi) is 4.95. The van der Waals surface area contributed by atoms with Crippen LogP contribution in [0.15, 0.2) is 12.4 Å². The molecule has 0 unspecified atom stereocenters. The lowest BCUT2D eigenvalue weighted by molar-refractivity contribution is -0.124. The van der Waals surface area contributed by atoms with Crippen molar-refractivity contribution in [2.24, 2.45) is 17.6 Å². The topological polar surface area (TPSA) is 90.6 Å². The number of amides is 1. The van der Waals surface area contributed by atoms with Crippen molar-refractivity contribution in [3.63, 3.8) is 0 Å². The summed E-state index contributed by atoms with van der Waals surface area (Å²) in [5.41, 5.74) is 5.50. The molecular weight excluding hydrogens is 296 g/mol. The molecule has 23 heavy (non-hydrogen) atoms. The lowest BCUT2D eigenvalue weighted by Gasteiger charge is -2.36. The summed E-state index contributed by atoms with van der Waals surface area (Å²) in [7, 11) is 0. The van der Waals surface area contributed by atoms with Crippen LogP contribution in [-0.4, -0.2) is 48.3 Å². The minimum atomic E-state index is -0.231. The van der Waals surface area contributed by atoms with E-state index in [0.717, 1.165) is 38.2 Å². The fourth-order valence-electron chi connectivity index (χ4n) is 3.55. The van der Waals surface area contributed by atoms with Gasteiger partial charge in [-0.2, -0.15) is 4.98 Å². The minimum Gasteiger partial charge on any atom is -0.477 e. The largest absolute Gasteiger partial charge is 0.477 e. The summed E-state index contributed by atoms with van der Waals surface area (Å²) in [6.45, 7) is 4.89. The lowest BCUT2D eigenvalue weighted by atomic mass is 9.84. The molecule has 0 spiro atoms. The van der Waals surface area contributed by atoms with Crippen molar-refractivity contribution in [3.8, 4) is 5.88 Å². The second kappa shape index (κ2) is 7.12. The molecule has 7 nitrogen and oxygen atoms in total. The maximum absolute atomic E-state index is 11.5. The fourth-order valence-corrected chi connectivity index (χ4v) is 3.55. The van der Waals surface area contributed by atoms with E-state index in [4.69, 9.17) is 15.2 Å². The Labute approximate surface area is 136 Å². The smallest absolute Gasteiger partial charge is 0.234 e. The lowest BCUT2D eigenvalue weighted by Crippen LogP contribution is -2.42. The maximum Gasteiger partial charge on any atom is 0.234 e. The van der Waals surface area contributed by atoms with Crippen molar-refractivity contribution >= 4 is 11.7 Å². The standard InChI is InChI=1S/C16H24N4O3/c1-2-22-14-10-18-9-13(19-14)20-6-3-11(4-7-20)15-12(16(17)21)5-8-23-15/h9-12,15H,2-8H2,1H3,(H2,17,21)/t12-,15+/m0/s1. The van der Waals surface area contributed by atoms with Crippen LogP contribution in [0.3, 0.4) is 0 Å². The third-order valence-corrected chi connectivity index (χ3v) is 4.72. The van der Waals surface area contributed by atoms with Gasteiger partial charge < -0.3 is 20.1 Å². The number of nitrogens with two attached hydrogens (primary N) is 1. The number of hydrogen-bond acceptors (Lipinski definition) is 6. The second-order valence-electron chi connectivity index (χ2n) is 6.11. The molecule has 0 bridgehead atoms. The number of carbonyl (C=O) groups is 1. The van der Waals surface area contributed by atoms with Gasteiger partial charge in [-0.3, -0.25) is 9.78 Å². The second-order valence-corrected chi connectivity index (χ2v) is 6.11. The zero-order valence-corrected chi connectivity index (χ0v) is 13.5. The monoisotopic (exact) mass is 320 g/mol. The van der Waals surface area contributed by atoms with Gasteiger partial charge in [-0.1, -0.05) is 0 Å². The van der Waals surface area contributed by atoms with E-state index >= 15 is 0 Å². The first-order valence-electron chi connectivity index (χ1n) is 8.29. The van der Waals surface area contributed by atoms with Crippen LogP contribution in [0.25, 0.3) is 0 Å². The molecule has 126 valence electrons. The quantitative estimate of drug-likeness (QED) is 0.870. The molecule has 2 fully saturated rings. The van der Waals surface area contributed by atoms with E-state index < -0.39 is 0 Å². The van der Waals surface area contributed by atoms with Crippen LogP contribution in [0.1, 0.15) is 26.2 Å². The average molecular weight is 320 g/mol. The Morgan fingerprint density at radius 1 is 1.39 bits per heavy atom. The van der Waals surface area contributed by atoms with Gasteiger partial charge in [0.15, 0.2) is 5.82 Å². The molecule has 3 heterocycles. The number of aromatic nitrogens is 2. The van der Waals surface area contributed by atoms with Crippen molar-refractivity contribution in [3.05, 3.63) is 12.4 Å². The van der Waals surface area contributed by atoms with Crippen molar-refractivity contribution in [1.82, 2.24) is 9.97 Å². The Morgan fingerprint density at radius 2 is 2.17 bits per heavy atom. The Morgan fingerprint density at radius 3 is 2.87 bits per heavy atom. The summed E-state index contributed by atoms with van der Waals surface area (Å²) in [4.78, 5) is 22.4. The summed E-state index contributed by atoms with van der Waals surface area (Å²) in [5.74, 6) is 1.42. The van der Waals surface area contributed by atoms with Gasteiger partial charge in [0.1, 0.15) is 0 Å². The van der Waals surface area contributed by atoms with E-state index in [1.807, 2.05) is 6.92 Å². The molecule has 7 heteroatoms. The van der Waals surface area contributed by atoms with Crippen LogP contribution in [0.4, 0.5) is 5.82 Å². The van der Waals surface area contributed by atoms with E-state index in [1.165, 1.54) is 0 Å². The number of rotatable bonds is 5. The van der Waals surface area contributed by atoms with Gasteiger partial charge >= 0.3 is 0 Å². The molecule has 2 atom stereocenters. The predicted molar refractivity (Wildman–Crippen MR) is 85.2 cm³/mol. The summed E-state index contributed by atoms with van der Waals surface area (Å²) in [5, 5.41) is 0. The molecule has 3 rings (SSSR count). The third kappa shape index (κ3) is 3.55. The summed E-state index contributed by atoms with van der Waals surface area (Å²) >= 11 is 0. The molecule has 0 saturated carbocycles. The molecule has 0 aromatic carbocycles. The molecule has 1 aromatic rings. The van der Waals surface area contributed by atoms with Crippen molar-refractivity contribution < 1.29 is 14.3 Å². The summed E-state index contributed by atoms with van der Waals surface area (Å²) in [6.07, 6.45) is 6.06. The Balaban J connectivity index is 1.60. The summed E-state index contributed by atoms with van der Waals surface area (Å²) in [6, 6.07) is 0. The van der Waals surface area contributed by atoms with Gasteiger partial charge in [-0.15, -0.1) is 0 Å². The number of piperidine rings is 1. The van der Waals surface area contributed by atoms with Crippen LogP contribution < -0.4 is 15.4 Å². The average Bonchev–Trinajstić information content (AvgIpc) is 3.05. The molecular formula is C16H24N4O3. The molecule has 1 aromatic heterocycles. The van der Waals surface area contributed by atoms with Gasteiger partial charge in [-0.25, -0.2) is 0 Å². The molecule has 2 aliphatic heterocycles. The minimum absolute atomic E-state index is 0.0181. The summed E-state index contributed by atoms with van der Waals surface area (Å²) < 4.78 is 11.2. The first-order valence-corrected chi connectivity index (χ1v) is 8.29. The predicted octanol–water partition coefficient (Wildman–Crippen LogP) is 0.982. The van der Waals surface area contributed by atoms with Gasteiger partial charge in [0.2, 0.25) is 11.8 Å². The highest BCUT2D eigenvalue weighted by Crippen LogP contribution is 2.33. The highest BCUT2D eigenvalue weighted by Gasteiger charge is 2.39. The first kappa shape index (κ1) is 16.0. The van der Waals surface area contributed by atoms with Crippen molar-refractivity contribution in [2.45, 2.75) is 32.3 Å². The van der Waals surface area contributed by atoms with Gasteiger partial charge in [0.25, 0.3) is 0 Å². The molecule has 2 saturated heterocycles. The number of carbonyl (C=O) groups excluding carboxylic acids is 1. The normalized spacial score (nSPS) is 25.5. The van der Waals surface area contributed by atoms with Crippen molar-refractivity contribution in [2.75, 3.05) is 31.2 Å². The number of primary amides is 1. The Bertz CT molecular complexity index is 546. The van der Waals surface area contributed by atoms with E-state index in [9.17, 15) is 4.79 Å². The molecule has 0 aliphatic carbocycles. The number of hydrogen-bond donors (Lipinski definition) is 1. The SMILES string of the molecule is CCOc1cncc(N2CCC([C@H]3OCC[C@@H]3C(N)=O)CC2)n1. The van der Waals surface area contributed by atoms with Gasteiger partial charge in [0, 0.05) is 19.7 Å². The molecule has 0 radical (unpaired) electrons. The zero-order valence-electron chi connectivity index (χ0n) is 13.5. The van der Waals surface area contributed by atoms with Gasteiger partial charge in [-0.05, 0) is 32.1 Å². The van der Waals surface area contributed by atoms with Crippen LogP contribution in [0.5, 0.6) is 5.88 Å².